The number of ether oxygens (including phenoxy) is 2. The molecule has 3 aliphatic rings. The van der Waals surface area contributed by atoms with Crippen molar-refractivity contribution >= 4 is 16.5 Å². The molecule has 0 saturated carbocycles. The summed E-state index contributed by atoms with van der Waals surface area (Å²) < 4.78 is 29.9. The van der Waals surface area contributed by atoms with Crippen LogP contribution in [-0.2, 0) is 14.8 Å². The van der Waals surface area contributed by atoms with E-state index in [1.807, 2.05) is 0 Å². The van der Waals surface area contributed by atoms with Gasteiger partial charge in [-0.2, -0.15) is 10.6 Å². The Kier molecular flexibility index (Phi) is 5.95. The highest BCUT2D eigenvalue weighted by atomic mass is 32.2. The van der Waals surface area contributed by atoms with Crippen LogP contribution in [-0.4, -0.2) is 54.3 Å². The van der Waals surface area contributed by atoms with Gasteiger partial charge >= 0.3 is 0 Å². The molecule has 1 N–H and O–H groups in total. The molecule has 8 nitrogen and oxygen atoms in total. The number of anilines is 1. The van der Waals surface area contributed by atoms with Crippen molar-refractivity contribution in [3.63, 3.8) is 0 Å². The quantitative estimate of drug-likeness (QED) is 0.710. The van der Waals surface area contributed by atoms with Crippen molar-refractivity contribution in [3.8, 4) is 11.5 Å². The van der Waals surface area contributed by atoms with Gasteiger partial charge in [-0.1, -0.05) is 11.0 Å². The summed E-state index contributed by atoms with van der Waals surface area (Å²) in [7, 11) is -1.79. The lowest BCUT2D eigenvalue weighted by atomic mass is 9.95. The van der Waals surface area contributed by atoms with Crippen molar-refractivity contribution in [2.75, 3.05) is 44.3 Å². The van der Waals surface area contributed by atoms with Crippen LogP contribution < -0.4 is 14.4 Å². The number of hydrogen-bond acceptors (Lipinski definition) is 9. The van der Waals surface area contributed by atoms with Crippen molar-refractivity contribution in [1.82, 2.24) is 14.9 Å². The maximum atomic E-state index is 11.2. The molecule has 31 heavy (non-hydrogen) atoms. The van der Waals surface area contributed by atoms with Crippen LogP contribution >= 0.6 is 0 Å². The number of fused-ring (bicyclic) bond motifs is 1. The minimum atomic E-state index is -1.79. The Balaban J connectivity index is 1.19. The molecule has 1 aromatic carbocycles. The van der Waals surface area contributed by atoms with Crippen molar-refractivity contribution in [2.24, 2.45) is 5.92 Å². The Morgan fingerprint density at radius 3 is 2.52 bits per heavy atom. The topological polar surface area (TPSA) is 91.6 Å². The monoisotopic (exact) mass is 442 g/mol. The molecular weight excluding hydrogens is 414 g/mol. The predicted molar refractivity (Wildman–Crippen MR) is 117 cm³/mol. The summed E-state index contributed by atoms with van der Waals surface area (Å²) in [5.74, 6) is 3.07. The molecule has 0 spiro atoms. The van der Waals surface area contributed by atoms with Crippen LogP contribution in [0.2, 0.25) is 0 Å². The number of hydrogen-bond donors (Lipinski definition) is 1. The molecule has 2 aromatic rings. The first-order chi connectivity index (χ1) is 15.2. The third kappa shape index (κ3) is 4.48. The van der Waals surface area contributed by atoms with Crippen LogP contribution in [0.15, 0.2) is 35.5 Å². The lowest BCUT2D eigenvalue weighted by Crippen LogP contribution is -2.39. The Morgan fingerprint density at radius 1 is 1.03 bits per heavy atom. The van der Waals surface area contributed by atoms with Gasteiger partial charge in [0.2, 0.25) is 5.95 Å². The SMILES string of the molecule is N=[S-](=O)c1cnc(N2CCC(CN3CCCC3c3ccc4c(c3)OCCO4)CC2)nc1. The zero-order valence-electron chi connectivity index (χ0n) is 17.5. The van der Waals surface area contributed by atoms with Crippen molar-refractivity contribution in [1.29, 1.82) is 4.78 Å². The fourth-order valence-corrected chi connectivity index (χ4v) is 5.20. The number of aromatic nitrogens is 2. The summed E-state index contributed by atoms with van der Waals surface area (Å²) in [5.41, 5.74) is 1.33. The van der Waals surface area contributed by atoms with Crippen LogP contribution in [0, 0.1) is 10.7 Å². The van der Waals surface area contributed by atoms with E-state index >= 15 is 0 Å². The zero-order valence-corrected chi connectivity index (χ0v) is 18.4. The van der Waals surface area contributed by atoms with Crippen molar-refractivity contribution < 1.29 is 13.7 Å². The highest BCUT2D eigenvalue weighted by molar-refractivity contribution is 7.73. The summed E-state index contributed by atoms with van der Waals surface area (Å²) in [4.78, 5) is 13.8. The standard InChI is InChI=1S/C22H28N5O3S/c23-31(28)18-13-24-22(25-14-18)26-8-5-16(6-9-26)15-27-7-1-2-19(27)17-3-4-20-21(12-17)30-11-10-29-20/h3-4,12-14,16,19,23H,1-2,5-11,15H2/q-1. The number of likely N-dealkylation sites (tertiary alicyclic amines) is 1. The molecule has 1 unspecified atom stereocenters. The van der Waals surface area contributed by atoms with Gasteiger partial charge in [-0.05, 0) is 55.8 Å². The smallest absolute Gasteiger partial charge is 0.225 e. The average molecular weight is 443 g/mol. The largest absolute Gasteiger partial charge is 0.486 e. The summed E-state index contributed by atoms with van der Waals surface area (Å²) >= 11 is 0. The lowest BCUT2D eigenvalue weighted by molar-refractivity contribution is 0.169. The maximum absolute atomic E-state index is 11.2. The van der Waals surface area contributed by atoms with E-state index in [2.05, 4.69) is 38.0 Å². The minimum Gasteiger partial charge on any atom is -0.486 e. The fourth-order valence-electron chi connectivity index (χ4n) is 4.90. The van der Waals surface area contributed by atoms with E-state index in [0.717, 1.165) is 50.5 Å². The van der Waals surface area contributed by atoms with Crippen LogP contribution in [0.1, 0.15) is 37.3 Å². The Labute approximate surface area is 184 Å². The molecule has 0 amide bonds. The molecule has 0 aliphatic carbocycles. The third-order valence-corrected chi connectivity index (χ3v) is 7.17. The molecule has 0 bridgehead atoms. The molecule has 4 heterocycles. The first kappa shape index (κ1) is 20.5. The van der Waals surface area contributed by atoms with Crippen molar-refractivity contribution in [3.05, 3.63) is 36.2 Å². The normalized spacial score (nSPS) is 22.2. The number of rotatable bonds is 5. The van der Waals surface area contributed by atoms with Crippen LogP contribution in [0.25, 0.3) is 0 Å². The molecule has 3 aliphatic heterocycles. The van der Waals surface area contributed by atoms with Crippen LogP contribution in [0.3, 0.4) is 0 Å². The molecule has 166 valence electrons. The number of nitrogens with zero attached hydrogens (tertiary/aromatic N) is 4. The van der Waals surface area contributed by atoms with Gasteiger partial charge in [-0.3, -0.25) is 4.90 Å². The molecular formula is C22H28N5O3S-. The van der Waals surface area contributed by atoms with E-state index in [-0.39, 0.29) is 0 Å². The number of nitrogens with one attached hydrogen (secondary N) is 1. The first-order valence-electron chi connectivity index (χ1n) is 11.0. The molecule has 0 radical (unpaired) electrons. The molecule has 2 fully saturated rings. The highest BCUT2D eigenvalue weighted by Gasteiger charge is 2.30. The van der Waals surface area contributed by atoms with E-state index < -0.39 is 10.6 Å². The fraction of sp³-hybridized carbons (Fsp3) is 0.545. The van der Waals surface area contributed by atoms with E-state index in [0.29, 0.717) is 36.0 Å². The molecule has 9 heteroatoms. The molecule has 1 aromatic heterocycles. The van der Waals surface area contributed by atoms with E-state index in [1.165, 1.54) is 30.8 Å². The van der Waals surface area contributed by atoms with Gasteiger partial charge in [0.15, 0.2) is 11.5 Å². The summed E-state index contributed by atoms with van der Waals surface area (Å²) in [5, 5.41) is 0. The number of benzene rings is 1. The summed E-state index contributed by atoms with van der Waals surface area (Å²) in [6.45, 7) is 5.36. The second kappa shape index (κ2) is 9.00. The van der Waals surface area contributed by atoms with E-state index in [4.69, 9.17) is 14.3 Å². The van der Waals surface area contributed by atoms with Gasteiger partial charge in [0.05, 0.1) is 0 Å². The van der Waals surface area contributed by atoms with Gasteiger partial charge < -0.3 is 23.4 Å². The maximum Gasteiger partial charge on any atom is 0.225 e. The predicted octanol–water partition coefficient (Wildman–Crippen LogP) is 3.39. The number of piperidine rings is 1. The van der Waals surface area contributed by atoms with Gasteiger partial charge in [0.25, 0.3) is 0 Å². The van der Waals surface area contributed by atoms with Crippen LogP contribution in [0.5, 0.6) is 11.5 Å². The average Bonchev–Trinajstić information content (AvgIpc) is 3.27. The van der Waals surface area contributed by atoms with Gasteiger partial charge in [-0.25, -0.2) is 9.97 Å². The highest BCUT2D eigenvalue weighted by Crippen LogP contribution is 2.39. The van der Waals surface area contributed by atoms with E-state index in [1.54, 1.807) is 0 Å². The Morgan fingerprint density at radius 2 is 1.77 bits per heavy atom. The minimum absolute atomic E-state index is 0.345. The third-order valence-electron chi connectivity index (χ3n) is 6.53. The second-order valence-corrected chi connectivity index (χ2v) is 9.48. The van der Waals surface area contributed by atoms with E-state index in [9.17, 15) is 4.21 Å². The van der Waals surface area contributed by atoms with Crippen LogP contribution in [0.4, 0.5) is 5.95 Å². The Hall–Kier alpha value is -2.39. The van der Waals surface area contributed by atoms with Gasteiger partial charge in [-0.15, -0.1) is 0 Å². The first-order valence-corrected chi connectivity index (χ1v) is 12.2. The Bertz CT molecular complexity index is 981. The second-order valence-electron chi connectivity index (χ2n) is 8.47. The molecule has 1 atom stereocenters. The van der Waals surface area contributed by atoms with Crippen molar-refractivity contribution in [2.45, 2.75) is 36.6 Å². The zero-order chi connectivity index (χ0) is 21.2. The summed E-state index contributed by atoms with van der Waals surface area (Å²) in [6, 6.07) is 6.88. The molecule has 5 rings (SSSR count). The van der Waals surface area contributed by atoms with Gasteiger partial charge in [0, 0.05) is 38.1 Å². The van der Waals surface area contributed by atoms with Gasteiger partial charge in [0.1, 0.15) is 13.2 Å². The molecule has 2 saturated heterocycles. The summed E-state index contributed by atoms with van der Waals surface area (Å²) in [6.07, 6.45) is 7.64. The lowest BCUT2D eigenvalue weighted by Gasteiger charge is -2.35.